The van der Waals surface area contributed by atoms with Gasteiger partial charge in [0.25, 0.3) is 0 Å². The molecule has 28 heavy (non-hydrogen) atoms. The van der Waals surface area contributed by atoms with Gasteiger partial charge < -0.3 is 10.3 Å². The number of thioether (sulfide) groups is 1. The lowest BCUT2D eigenvalue weighted by molar-refractivity contribution is 0.244. The minimum Gasteiger partial charge on any atom is -0.342 e. The summed E-state index contributed by atoms with van der Waals surface area (Å²) in [5, 5.41) is 3.10. The zero-order valence-electron chi connectivity index (χ0n) is 16.1. The number of hydrogen-bond acceptors (Lipinski definition) is 3. The van der Waals surface area contributed by atoms with E-state index in [0.29, 0.717) is 13.0 Å². The molecule has 5 nitrogen and oxygen atoms in total. The van der Waals surface area contributed by atoms with E-state index >= 15 is 0 Å². The summed E-state index contributed by atoms with van der Waals surface area (Å²) in [5.41, 5.74) is 2.97. The minimum atomic E-state index is -0.0140. The second-order valence-electron chi connectivity index (χ2n) is 7.19. The van der Waals surface area contributed by atoms with Gasteiger partial charge in [0.05, 0.1) is 11.0 Å². The zero-order chi connectivity index (χ0) is 19.3. The van der Waals surface area contributed by atoms with Crippen LogP contribution in [0.3, 0.4) is 0 Å². The van der Waals surface area contributed by atoms with Gasteiger partial charge in [-0.15, -0.1) is 11.8 Å². The number of urea groups is 1. The molecule has 0 aliphatic heterocycles. The molecular weight excluding hydrogens is 368 g/mol. The second-order valence-corrected chi connectivity index (χ2v) is 8.07. The van der Waals surface area contributed by atoms with E-state index in [9.17, 15) is 4.79 Å². The fourth-order valence-electron chi connectivity index (χ4n) is 3.90. The van der Waals surface area contributed by atoms with Gasteiger partial charge in [-0.3, -0.25) is 4.90 Å². The highest BCUT2D eigenvalue weighted by atomic mass is 32.2. The van der Waals surface area contributed by atoms with Crippen molar-refractivity contribution in [2.45, 2.75) is 43.0 Å². The highest BCUT2D eigenvalue weighted by Gasteiger charge is 2.27. The first-order chi connectivity index (χ1) is 13.7. The molecule has 2 amide bonds. The average Bonchev–Trinajstić information content (AvgIpc) is 3.38. The summed E-state index contributed by atoms with van der Waals surface area (Å²) in [6, 6.07) is 16.5. The van der Waals surface area contributed by atoms with Gasteiger partial charge in [0.1, 0.15) is 5.82 Å². The van der Waals surface area contributed by atoms with Crippen molar-refractivity contribution in [3.05, 3.63) is 54.4 Å². The highest BCUT2D eigenvalue weighted by Crippen LogP contribution is 2.29. The van der Waals surface area contributed by atoms with Crippen molar-refractivity contribution in [3.63, 3.8) is 0 Å². The molecule has 0 unspecified atom stereocenters. The second kappa shape index (κ2) is 8.69. The lowest BCUT2D eigenvalue weighted by Crippen LogP contribution is -2.46. The van der Waals surface area contributed by atoms with Gasteiger partial charge >= 0.3 is 6.03 Å². The number of para-hydroxylation sites is 2. The Kier molecular flexibility index (Phi) is 5.86. The van der Waals surface area contributed by atoms with Crippen molar-refractivity contribution in [1.82, 2.24) is 15.3 Å². The maximum atomic E-state index is 13.0. The molecule has 0 atom stereocenters. The predicted octanol–water partition coefficient (Wildman–Crippen LogP) is 4.99. The molecule has 146 valence electrons. The maximum absolute atomic E-state index is 13.0. The van der Waals surface area contributed by atoms with Gasteiger partial charge in [-0.25, -0.2) is 9.78 Å². The Morgan fingerprint density at radius 3 is 2.64 bits per heavy atom. The summed E-state index contributed by atoms with van der Waals surface area (Å²) < 4.78 is 0. The number of carbonyl (C=O) groups excluding carboxylic acids is 1. The third-order valence-corrected chi connectivity index (χ3v) is 6.08. The molecule has 1 aliphatic carbocycles. The van der Waals surface area contributed by atoms with Crippen molar-refractivity contribution in [1.29, 1.82) is 0 Å². The van der Waals surface area contributed by atoms with Gasteiger partial charge in [0.2, 0.25) is 0 Å². The van der Waals surface area contributed by atoms with Gasteiger partial charge in [0.15, 0.2) is 0 Å². The van der Waals surface area contributed by atoms with E-state index in [1.807, 2.05) is 29.2 Å². The number of aromatic nitrogens is 2. The molecule has 1 aliphatic rings. The predicted molar refractivity (Wildman–Crippen MR) is 116 cm³/mol. The van der Waals surface area contributed by atoms with E-state index < -0.39 is 0 Å². The average molecular weight is 395 g/mol. The highest BCUT2D eigenvalue weighted by molar-refractivity contribution is 7.98. The molecule has 2 aromatic carbocycles. The molecule has 6 heteroatoms. The third kappa shape index (κ3) is 4.17. The topological polar surface area (TPSA) is 61.0 Å². The minimum absolute atomic E-state index is 0.0140. The van der Waals surface area contributed by atoms with Crippen LogP contribution in [0.25, 0.3) is 11.0 Å². The van der Waals surface area contributed by atoms with Crippen LogP contribution in [0.1, 0.15) is 31.5 Å². The largest absolute Gasteiger partial charge is 0.342 e. The van der Waals surface area contributed by atoms with Crippen LogP contribution in [0.4, 0.5) is 10.5 Å². The molecular formula is C22H26N4OS. The van der Waals surface area contributed by atoms with Crippen molar-refractivity contribution in [2.24, 2.45) is 0 Å². The van der Waals surface area contributed by atoms with E-state index in [-0.39, 0.29) is 12.1 Å². The van der Waals surface area contributed by atoms with Crippen molar-refractivity contribution < 1.29 is 4.79 Å². The number of imidazole rings is 1. The molecule has 0 bridgehead atoms. The maximum Gasteiger partial charge on any atom is 0.322 e. The Morgan fingerprint density at radius 2 is 1.93 bits per heavy atom. The van der Waals surface area contributed by atoms with E-state index in [0.717, 1.165) is 35.4 Å². The van der Waals surface area contributed by atoms with Gasteiger partial charge in [-0.1, -0.05) is 25.0 Å². The third-order valence-electron chi connectivity index (χ3n) is 5.34. The molecule has 1 fully saturated rings. The number of benzene rings is 2. The lowest BCUT2D eigenvalue weighted by Gasteiger charge is -2.29. The van der Waals surface area contributed by atoms with Crippen LogP contribution in [0.2, 0.25) is 0 Å². The number of amides is 2. The lowest BCUT2D eigenvalue weighted by atomic mass is 10.2. The fraction of sp³-hybridized carbons (Fsp3) is 0.364. The fourth-order valence-corrected chi connectivity index (χ4v) is 4.30. The number of nitrogens with one attached hydrogen (secondary N) is 2. The molecule has 2 N–H and O–H groups in total. The molecule has 3 aromatic rings. The number of H-pyrrole nitrogens is 1. The van der Waals surface area contributed by atoms with Gasteiger partial charge in [-0.2, -0.15) is 0 Å². The number of carbonyl (C=O) groups is 1. The number of fused-ring (bicyclic) bond motifs is 1. The Balaban J connectivity index is 1.42. The van der Waals surface area contributed by atoms with Gasteiger partial charge in [-0.05, 0) is 55.5 Å². The summed E-state index contributed by atoms with van der Waals surface area (Å²) in [7, 11) is 0. The Labute approximate surface area is 169 Å². The number of nitrogens with zero attached hydrogens (tertiary/aromatic N) is 2. The van der Waals surface area contributed by atoms with Crippen LogP contribution in [0.15, 0.2) is 53.4 Å². The summed E-state index contributed by atoms with van der Waals surface area (Å²) >= 11 is 1.71. The first-order valence-corrected chi connectivity index (χ1v) is 11.1. The SMILES string of the molecule is CSc1ccc(N(C(=O)NCCc2nc3ccccc3[nH]2)C2CCCC2)cc1. The summed E-state index contributed by atoms with van der Waals surface area (Å²) in [6.07, 6.45) is 7.27. The smallest absolute Gasteiger partial charge is 0.322 e. The Morgan fingerprint density at radius 1 is 1.18 bits per heavy atom. The normalized spacial score (nSPS) is 14.5. The molecule has 0 spiro atoms. The van der Waals surface area contributed by atoms with E-state index in [4.69, 9.17) is 0 Å². The van der Waals surface area contributed by atoms with E-state index in [2.05, 4.69) is 45.8 Å². The first-order valence-electron chi connectivity index (χ1n) is 9.89. The van der Waals surface area contributed by atoms with Crippen molar-refractivity contribution in [2.75, 3.05) is 17.7 Å². The molecule has 0 saturated heterocycles. The number of anilines is 1. The molecule has 0 radical (unpaired) electrons. The Bertz CT molecular complexity index is 898. The monoisotopic (exact) mass is 394 g/mol. The van der Waals surface area contributed by atoms with Crippen LogP contribution in [0, 0.1) is 0 Å². The number of aromatic amines is 1. The van der Waals surface area contributed by atoms with E-state index in [1.165, 1.54) is 17.7 Å². The van der Waals surface area contributed by atoms with E-state index in [1.54, 1.807) is 11.8 Å². The standard InChI is InChI=1S/C22H26N4OS/c1-28-18-12-10-17(11-13-18)26(16-6-2-3-7-16)22(27)23-15-14-21-24-19-8-4-5-9-20(19)25-21/h4-5,8-13,16H,2-3,6-7,14-15H2,1H3,(H,23,27)(H,24,25). The van der Waals surface area contributed by atoms with Gasteiger partial charge in [0, 0.05) is 29.6 Å². The van der Waals surface area contributed by atoms with Crippen LogP contribution in [-0.2, 0) is 6.42 Å². The molecule has 1 heterocycles. The van der Waals surface area contributed by atoms with Crippen LogP contribution in [-0.4, -0.2) is 34.8 Å². The summed E-state index contributed by atoms with van der Waals surface area (Å²) in [6.45, 7) is 0.560. The van der Waals surface area contributed by atoms with Crippen LogP contribution >= 0.6 is 11.8 Å². The zero-order valence-corrected chi connectivity index (χ0v) is 17.0. The van der Waals surface area contributed by atoms with Crippen molar-refractivity contribution in [3.8, 4) is 0 Å². The first kappa shape index (κ1) is 18.9. The quantitative estimate of drug-likeness (QED) is 0.579. The number of rotatable bonds is 6. The molecule has 4 rings (SSSR count). The molecule has 1 aromatic heterocycles. The summed E-state index contributed by atoms with van der Waals surface area (Å²) in [5.74, 6) is 0.901. The van der Waals surface area contributed by atoms with Crippen LogP contribution < -0.4 is 10.2 Å². The number of hydrogen-bond donors (Lipinski definition) is 2. The van der Waals surface area contributed by atoms with Crippen LogP contribution in [0.5, 0.6) is 0 Å². The summed E-state index contributed by atoms with van der Waals surface area (Å²) in [4.78, 5) is 24.1. The Hall–Kier alpha value is -2.47. The molecule has 1 saturated carbocycles. The van der Waals surface area contributed by atoms with Crippen molar-refractivity contribution >= 4 is 34.5 Å².